The number of aromatic nitrogens is 4. The van der Waals surface area contributed by atoms with Gasteiger partial charge in [0.15, 0.2) is 28.8 Å². The van der Waals surface area contributed by atoms with Gasteiger partial charge in [-0.15, -0.1) is 0 Å². The molecule has 3 aromatic heterocycles. The zero-order valence-electron chi connectivity index (χ0n) is 20.8. The van der Waals surface area contributed by atoms with Crippen LogP contribution in [0.5, 0.6) is 11.6 Å². The van der Waals surface area contributed by atoms with Gasteiger partial charge in [-0.25, -0.2) is 23.7 Å². The Morgan fingerprint density at radius 1 is 1.21 bits per heavy atom. The number of nitriles is 1. The second-order valence-corrected chi connectivity index (χ2v) is 8.68. The second-order valence-electron chi connectivity index (χ2n) is 8.68. The summed E-state index contributed by atoms with van der Waals surface area (Å²) in [5.41, 5.74) is 1.08. The van der Waals surface area contributed by atoms with Gasteiger partial charge in [-0.1, -0.05) is 6.92 Å². The van der Waals surface area contributed by atoms with Gasteiger partial charge in [-0.05, 0) is 25.1 Å². The molecule has 1 fully saturated rings. The third-order valence-electron chi connectivity index (χ3n) is 6.28. The van der Waals surface area contributed by atoms with Crippen LogP contribution in [-0.4, -0.2) is 51.6 Å². The Labute approximate surface area is 216 Å². The van der Waals surface area contributed by atoms with E-state index in [9.17, 15) is 10.1 Å². The minimum absolute atomic E-state index is 0.0948. The molecule has 1 aliphatic heterocycles. The van der Waals surface area contributed by atoms with Crippen molar-refractivity contribution in [1.82, 2.24) is 24.8 Å². The molecule has 0 saturated carbocycles. The first-order chi connectivity index (χ1) is 18.4. The van der Waals surface area contributed by atoms with E-state index in [1.165, 1.54) is 6.07 Å². The molecule has 12 heteroatoms. The highest BCUT2D eigenvalue weighted by molar-refractivity contribution is 5.95. The molecule has 5 rings (SSSR count). The molecule has 4 heterocycles. The fourth-order valence-electron chi connectivity index (χ4n) is 4.41. The summed E-state index contributed by atoms with van der Waals surface area (Å²) < 4.78 is 37.2. The zero-order chi connectivity index (χ0) is 26.8. The Bertz CT molecular complexity index is 1560. The van der Waals surface area contributed by atoms with Gasteiger partial charge in [-0.3, -0.25) is 9.36 Å². The van der Waals surface area contributed by atoms with Crippen molar-refractivity contribution in [3.8, 4) is 17.7 Å². The predicted octanol–water partition coefficient (Wildman–Crippen LogP) is 4.28. The first kappa shape index (κ1) is 25.0. The van der Waals surface area contributed by atoms with Crippen molar-refractivity contribution in [2.24, 2.45) is 0 Å². The van der Waals surface area contributed by atoms with Crippen molar-refractivity contribution < 1.29 is 18.3 Å². The maximum absolute atomic E-state index is 15.4. The van der Waals surface area contributed by atoms with Crippen LogP contribution in [0.1, 0.15) is 29.4 Å². The van der Waals surface area contributed by atoms with Gasteiger partial charge in [0.2, 0.25) is 11.8 Å². The predicted molar refractivity (Wildman–Crippen MR) is 137 cm³/mol. The monoisotopic (exact) mass is 518 g/mol. The van der Waals surface area contributed by atoms with Gasteiger partial charge >= 0.3 is 0 Å². The number of carbonyl (C=O) groups excluding carboxylic acids is 1. The number of nitrogens with zero attached hydrogens (tertiary/aromatic N) is 6. The molecule has 1 aliphatic rings. The molecular weight excluding hydrogens is 494 g/mol. The molecule has 0 aliphatic carbocycles. The van der Waals surface area contributed by atoms with Gasteiger partial charge in [0, 0.05) is 49.7 Å². The van der Waals surface area contributed by atoms with Gasteiger partial charge in [0.05, 0.1) is 17.4 Å². The molecular formula is C26H24F2N8O2. The van der Waals surface area contributed by atoms with E-state index >= 15 is 8.78 Å². The lowest BCUT2D eigenvalue weighted by molar-refractivity contribution is 0.0911. The fraction of sp³-hybridized carbons (Fsp3) is 0.269. The van der Waals surface area contributed by atoms with E-state index in [-0.39, 0.29) is 40.5 Å². The summed E-state index contributed by atoms with van der Waals surface area (Å²) in [6, 6.07) is 7.84. The number of nitrogens with one attached hydrogen (secondary N) is 2. The SMILES string of the molecule is CCC(=O)n1c(C)cc2c(F)c(Oc3ncnc(Nc4ccc(N5CCNCC5)cn4)c3C#N)cc(F)c21. The smallest absolute Gasteiger partial charge is 0.242 e. The number of rotatable bonds is 6. The topological polar surface area (TPSA) is 121 Å². The summed E-state index contributed by atoms with van der Waals surface area (Å²) in [6.07, 6.45) is 2.99. The number of fused-ring (bicyclic) bond motifs is 1. The average Bonchev–Trinajstić information content (AvgIpc) is 3.30. The lowest BCUT2D eigenvalue weighted by Crippen LogP contribution is -2.43. The van der Waals surface area contributed by atoms with Crippen molar-refractivity contribution in [3.63, 3.8) is 0 Å². The van der Waals surface area contributed by atoms with E-state index in [1.807, 2.05) is 12.1 Å². The number of ether oxygens (including phenoxy) is 1. The number of piperazine rings is 1. The molecule has 4 aromatic rings. The fourth-order valence-corrected chi connectivity index (χ4v) is 4.41. The van der Waals surface area contributed by atoms with Gasteiger partial charge < -0.3 is 20.3 Å². The third kappa shape index (κ3) is 4.59. The largest absolute Gasteiger partial charge is 0.434 e. The van der Waals surface area contributed by atoms with E-state index in [2.05, 4.69) is 30.5 Å². The first-order valence-corrected chi connectivity index (χ1v) is 12.1. The molecule has 194 valence electrons. The van der Waals surface area contributed by atoms with Crippen LogP contribution < -0.4 is 20.3 Å². The number of benzene rings is 1. The Kier molecular flexibility index (Phi) is 6.85. The van der Waals surface area contributed by atoms with Crippen molar-refractivity contribution in [2.45, 2.75) is 20.3 Å². The Morgan fingerprint density at radius 3 is 2.68 bits per heavy atom. The van der Waals surface area contributed by atoms with Crippen LogP contribution in [0.25, 0.3) is 10.9 Å². The van der Waals surface area contributed by atoms with Crippen molar-refractivity contribution in [1.29, 1.82) is 5.26 Å². The highest BCUT2D eigenvalue weighted by Crippen LogP contribution is 2.35. The quantitative estimate of drug-likeness (QED) is 0.385. The molecule has 10 nitrogen and oxygen atoms in total. The lowest BCUT2D eigenvalue weighted by atomic mass is 10.2. The Balaban J connectivity index is 1.44. The van der Waals surface area contributed by atoms with Gasteiger partial charge in [0.25, 0.3) is 0 Å². The maximum Gasteiger partial charge on any atom is 0.242 e. The van der Waals surface area contributed by atoms with Crippen LogP contribution in [-0.2, 0) is 0 Å². The average molecular weight is 519 g/mol. The summed E-state index contributed by atoms with van der Waals surface area (Å²) in [5, 5.41) is 15.9. The van der Waals surface area contributed by atoms with E-state index < -0.39 is 17.4 Å². The number of anilines is 3. The normalized spacial score (nSPS) is 13.4. The molecule has 0 radical (unpaired) electrons. The van der Waals surface area contributed by atoms with Crippen molar-refractivity contribution in [3.05, 3.63) is 59.7 Å². The minimum atomic E-state index is -0.880. The summed E-state index contributed by atoms with van der Waals surface area (Å²) in [7, 11) is 0. The lowest BCUT2D eigenvalue weighted by Gasteiger charge is -2.29. The molecule has 0 bridgehead atoms. The van der Waals surface area contributed by atoms with E-state index in [1.54, 1.807) is 26.1 Å². The highest BCUT2D eigenvalue weighted by Gasteiger charge is 2.23. The second kappa shape index (κ2) is 10.4. The molecule has 2 N–H and O–H groups in total. The van der Waals surface area contributed by atoms with Gasteiger partial charge in [-0.2, -0.15) is 5.26 Å². The van der Waals surface area contributed by atoms with Crippen LogP contribution in [0, 0.1) is 29.9 Å². The van der Waals surface area contributed by atoms with Crippen LogP contribution in [0.4, 0.5) is 26.1 Å². The summed E-state index contributed by atoms with van der Waals surface area (Å²) >= 11 is 0. The van der Waals surface area contributed by atoms with Gasteiger partial charge in [0.1, 0.15) is 18.2 Å². The van der Waals surface area contributed by atoms with E-state index in [0.29, 0.717) is 11.5 Å². The van der Waals surface area contributed by atoms with Crippen molar-refractivity contribution in [2.75, 3.05) is 36.4 Å². The van der Waals surface area contributed by atoms with Crippen LogP contribution in [0.2, 0.25) is 0 Å². The number of halogens is 2. The first-order valence-electron chi connectivity index (χ1n) is 12.1. The van der Waals surface area contributed by atoms with Crippen molar-refractivity contribution >= 4 is 34.1 Å². The minimum Gasteiger partial charge on any atom is -0.434 e. The number of pyridine rings is 1. The van der Waals surface area contributed by atoms with E-state index in [0.717, 1.165) is 48.8 Å². The maximum atomic E-state index is 15.4. The highest BCUT2D eigenvalue weighted by atomic mass is 19.1. The zero-order valence-corrected chi connectivity index (χ0v) is 20.8. The number of hydrogen-bond acceptors (Lipinski definition) is 9. The summed E-state index contributed by atoms with van der Waals surface area (Å²) in [4.78, 5) is 27.0. The number of hydrogen-bond donors (Lipinski definition) is 2. The molecule has 38 heavy (non-hydrogen) atoms. The summed E-state index contributed by atoms with van der Waals surface area (Å²) in [6.45, 7) is 6.78. The Hall–Kier alpha value is -4.63. The van der Waals surface area contributed by atoms with Crippen LogP contribution in [0.15, 0.2) is 36.8 Å². The Morgan fingerprint density at radius 2 is 2.00 bits per heavy atom. The molecule has 0 spiro atoms. The molecule has 0 atom stereocenters. The molecule has 1 aromatic carbocycles. The molecule has 1 saturated heterocycles. The molecule has 0 unspecified atom stereocenters. The standard InChI is InChI=1S/C26H24F2N8O2/c1-3-22(37)36-15(2)10-17-23(28)20(11-19(27)24(17)36)38-26-18(12-29)25(32-14-33-26)34-21-5-4-16(13-31-21)35-8-6-30-7-9-35/h4-5,10-11,13-14,30H,3,6-9H2,1-2H3,(H,31,32,33,34). The van der Waals surface area contributed by atoms with Crippen LogP contribution in [0.3, 0.4) is 0 Å². The van der Waals surface area contributed by atoms with E-state index in [4.69, 9.17) is 4.74 Å². The number of aryl methyl sites for hydroxylation is 1. The van der Waals surface area contributed by atoms with Crippen LogP contribution >= 0.6 is 0 Å². The third-order valence-corrected chi connectivity index (χ3v) is 6.28. The number of carbonyl (C=O) groups is 1. The molecule has 0 amide bonds. The summed E-state index contributed by atoms with van der Waals surface area (Å²) in [5.74, 6) is -2.30.